The summed E-state index contributed by atoms with van der Waals surface area (Å²) in [6, 6.07) is 13.0. The van der Waals surface area contributed by atoms with Crippen LogP contribution in [0.25, 0.3) is 10.9 Å². The second-order valence-corrected chi connectivity index (χ2v) is 8.07. The van der Waals surface area contributed by atoms with Gasteiger partial charge in [0.25, 0.3) is 5.79 Å². The van der Waals surface area contributed by atoms with Crippen LogP contribution in [0, 0.1) is 0 Å². The Hall–Kier alpha value is -2.66. The van der Waals surface area contributed by atoms with Crippen molar-refractivity contribution in [3.05, 3.63) is 59.8 Å². The molecule has 0 unspecified atom stereocenters. The number of hydrogen-bond donors (Lipinski definition) is 6. The SMILES string of the molecule is CCOc1ccc(CCc2c[nH]c3cccc(O[C@]4(O)[C@@H](O)O[C@H](CO)[C@@H](O)[C@@H]4O)c23)cc1. The van der Waals surface area contributed by atoms with Crippen LogP contribution in [0.3, 0.4) is 0 Å². The van der Waals surface area contributed by atoms with Crippen LogP contribution in [-0.2, 0) is 17.6 Å². The highest BCUT2D eigenvalue weighted by Crippen LogP contribution is 2.36. The summed E-state index contributed by atoms with van der Waals surface area (Å²) < 4.78 is 16.2. The van der Waals surface area contributed by atoms with Crippen molar-refractivity contribution in [2.24, 2.45) is 0 Å². The predicted octanol–water partition coefficient (Wildman–Crippen LogP) is 0.850. The number of aliphatic hydroxyl groups excluding tert-OH is 4. The summed E-state index contributed by atoms with van der Waals surface area (Å²) in [4.78, 5) is 3.17. The summed E-state index contributed by atoms with van der Waals surface area (Å²) in [5.41, 5.74) is 2.77. The van der Waals surface area contributed by atoms with E-state index in [1.807, 2.05) is 43.5 Å². The lowest BCUT2D eigenvalue weighted by molar-refractivity contribution is -0.385. The summed E-state index contributed by atoms with van der Waals surface area (Å²) >= 11 is 0. The van der Waals surface area contributed by atoms with Gasteiger partial charge in [-0.05, 0) is 55.2 Å². The summed E-state index contributed by atoms with van der Waals surface area (Å²) in [5.74, 6) is -1.62. The molecule has 0 saturated carbocycles. The first-order valence-electron chi connectivity index (χ1n) is 10.9. The van der Waals surface area contributed by atoms with Crippen molar-refractivity contribution in [2.45, 2.75) is 50.2 Å². The highest BCUT2D eigenvalue weighted by molar-refractivity contribution is 5.89. The molecular formula is C24H29NO8. The number of rotatable bonds is 8. The van der Waals surface area contributed by atoms with Crippen LogP contribution >= 0.6 is 0 Å². The van der Waals surface area contributed by atoms with Gasteiger partial charge in [-0.2, -0.15) is 0 Å². The molecule has 1 fully saturated rings. The first kappa shape index (κ1) is 23.5. The van der Waals surface area contributed by atoms with Crippen molar-refractivity contribution < 1.29 is 39.7 Å². The van der Waals surface area contributed by atoms with Gasteiger partial charge in [0.05, 0.1) is 13.2 Å². The van der Waals surface area contributed by atoms with Gasteiger partial charge in [-0.25, -0.2) is 0 Å². The zero-order valence-electron chi connectivity index (χ0n) is 18.2. The van der Waals surface area contributed by atoms with Crippen molar-refractivity contribution >= 4 is 10.9 Å². The van der Waals surface area contributed by atoms with E-state index in [0.717, 1.165) is 28.8 Å². The van der Waals surface area contributed by atoms with E-state index >= 15 is 0 Å². The highest BCUT2D eigenvalue weighted by atomic mass is 16.7. The summed E-state index contributed by atoms with van der Waals surface area (Å²) in [5, 5.41) is 51.7. The average Bonchev–Trinajstić information content (AvgIpc) is 3.24. The lowest BCUT2D eigenvalue weighted by Crippen LogP contribution is -2.69. The van der Waals surface area contributed by atoms with E-state index in [-0.39, 0.29) is 5.75 Å². The molecule has 0 amide bonds. The number of aromatic nitrogens is 1. The zero-order chi connectivity index (χ0) is 23.6. The van der Waals surface area contributed by atoms with Gasteiger partial charge in [-0.15, -0.1) is 0 Å². The quantitative estimate of drug-likeness (QED) is 0.272. The predicted molar refractivity (Wildman–Crippen MR) is 119 cm³/mol. The highest BCUT2D eigenvalue weighted by Gasteiger charge is 2.57. The van der Waals surface area contributed by atoms with E-state index in [0.29, 0.717) is 18.4 Å². The molecule has 9 heteroatoms. The van der Waals surface area contributed by atoms with Gasteiger partial charge >= 0.3 is 0 Å². The molecule has 9 nitrogen and oxygen atoms in total. The minimum atomic E-state index is -2.64. The van der Waals surface area contributed by atoms with Gasteiger partial charge in [-0.3, -0.25) is 0 Å². The maximum Gasteiger partial charge on any atom is 0.288 e. The van der Waals surface area contributed by atoms with Gasteiger partial charge in [0.1, 0.15) is 23.7 Å². The maximum absolute atomic E-state index is 10.9. The molecule has 1 aliphatic heterocycles. The van der Waals surface area contributed by atoms with Crippen LogP contribution < -0.4 is 9.47 Å². The van der Waals surface area contributed by atoms with Crippen molar-refractivity contribution in [1.82, 2.24) is 4.98 Å². The molecule has 4 rings (SSSR count). The number of nitrogens with one attached hydrogen (secondary N) is 1. The fourth-order valence-electron chi connectivity index (χ4n) is 4.08. The number of H-pyrrole nitrogens is 1. The van der Waals surface area contributed by atoms with E-state index in [9.17, 15) is 25.5 Å². The molecule has 1 aliphatic rings. The van der Waals surface area contributed by atoms with Crippen LogP contribution in [0.2, 0.25) is 0 Å². The lowest BCUT2D eigenvalue weighted by Gasteiger charge is -2.45. The fraction of sp³-hybridized carbons (Fsp3) is 0.417. The van der Waals surface area contributed by atoms with Gasteiger partial charge in [0.15, 0.2) is 6.10 Å². The van der Waals surface area contributed by atoms with Crippen LogP contribution in [0.15, 0.2) is 48.7 Å². The summed E-state index contributed by atoms with van der Waals surface area (Å²) in [6.45, 7) is 1.90. The Kier molecular flexibility index (Phi) is 6.89. The number of aliphatic hydroxyl groups is 5. The third kappa shape index (κ3) is 4.56. The number of aryl methyl sites for hydroxylation is 2. The molecular weight excluding hydrogens is 430 g/mol. The fourth-order valence-corrected chi connectivity index (χ4v) is 4.08. The third-order valence-corrected chi connectivity index (χ3v) is 5.91. The minimum Gasteiger partial charge on any atom is -0.494 e. The Morgan fingerprint density at radius 3 is 2.52 bits per heavy atom. The van der Waals surface area contributed by atoms with E-state index < -0.39 is 37.0 Å². The largest absolute Gasteiger partial charge is 0.494 e. The molecule has 0 spiro atoms. The van der Waals surface area contributed by atoms with E-state index in [2.05, 4.69) is 4.98 Å². The van der Waals surface area contributed by atoms with Gasteiger partial charge in [0, 0.05) is 17.1 Å². The van der Waals surface area contributed by atoms with E-state index in [4.69, 9.17) is 14.2 Å². The van der Waals surface area contributed by atoms with Crippen molar-refractivity contribution in [2.75, 3.05) is 13.2 Å². The zero-order valence-corrected chi connectivity index (χ0v) is 18.2. The molecule has 1 saturated heterocycles. The first-order valence-corrected chi connectivity index (χ1v) is 10.9. The Bertz CT molecular complexity index is 1070. The number of fused-ring (bicyclic) bond motifs is 1. The van der Waals surface area contributed by atoms with Gasteiger partial charge in [-0.1, -0.05) is 18.2 Å². The number of ether oxygens (including phenoxy) is 3. The molecule has 0 bridgehead atoms. The van der Waals surface area contributed by atoms with Crippen LogP contribution in [0.4, 0.5) is 0 Å². The van der Waals surface area contributed by atoms with Crippen molar-refractivity contribution in [1.29, 1.82) is 0 Å². The molecule has 6 N–H and O–H groups in total. The Labute approximate surface area is 190 Å². The molecule has 33 heavy (non-hydrogen) atoms. The van der Waals surface area contributed by atoms with Gasteiger partial charge < -0.3 is 44.7 Å². The standard InChI is InChI=1S/C24H29NO8/c1-2-31-16-10-7-14(8-11-16)6-9-15-12-25-17-4-3-5-18(20(15)17)33-24(30)22(28)21(27)19(13-26)32-23(24)29/h3-5,7-8,10-12,19,21-23,25-30H,2,6,9,13H2,1H3/t19-,21-,22+,23+,24+/m1/s1. The third-order valence-electron chi connectivity index (χ3n) is 5.91. The number of aromatic amines is 1. The molecule has 0 radical (unpaired) electrons. The molecule has 1 aromatic heterocycles. The molecule has 2 aromatic carbocycles. The van der Waals surface area contributed by atoms with Crippen molar-refractivity contribution in [3.63, 3.8) is 0 Å². The second kappa shape index (κ2) is 9.68. The topological polar surface area (TPSA) is 145 Å². The molecule has 178 valence electrons. The summed E-state index contributed by atoms with van der Waals surface area (Å²) in [6.07, 6.45) is -3.59. The van der Waals surface area contributed by atoms with Crippen LogP contribution in [-0.4, -0.2) is 74.1 Å². The second-order valence-electron chi connectivity index (χ2n) is 8.07. The van der Waals surface area contributed by atoms with Crippen LogP contribution in [0.1, 0.15) is 18.1 Å². The molecule has 3 aromatic rings. The lowest BCUT2D eigenvalue weighted by atomic mass is 9.95. The Balaban J connectivity index is 1.57. The number of benzene rings is 2. The molecule has 2 heterocycles. The van der Waals surface area contributed by atoms with Crippen molar-refractivity contribution in [3.8, 4) is 11.5 Å². The summed E-state index contributed by atoms with van der Waals surface area (Å²) in [7, 11) is 0. The maximum atomic E-state index is 10.9. The molecule has 5 atom stereocenters. The monoisotopic (exact) mass is 459 g/mol. The Morgan fingerprint density at radius 2 is 1.82 bits per heavy atom. The van der Waals surface area contributed by atoms with Crippen LogP contribution in [0.5, 0.6) is 11.5 Å². The first-order chi connectivity index (χ1) is 15.9. The Morgan fingerprint density at radius 1 is 1.06 bits per heavy atom. The number of hydrogen-bond acceptors (Lipinski definition) is 8. The smallest absolute Gasteiger partial charge is 0.288 e. The van der Waals surface area contributed by atoms with E-state index in [1.165, 1.54) is 0 Å². The normalized spacial score (nSPS) is 27.6. The molecule has 0 aliphatic carbocycles. The minimum absolute atomic E-state index is 0.203. The van der Waals surface area contributed by atoms with Gasteiger partial charge in [0.2, 0.25) is 6.29 Å². The average molecular weight is 459 g/mol. The van der Waals surface area contributed by atoms with E-state index in [1.54, 1.807) is 12.1 Å².